The third-order valence-electron chi connectivity index (χ3n) is 4.95. The molecule has 0 unspecified atom stereocenters. The summed E-state index contributed by atoms with van der Waals surface area (Å²) in [6, 6.07) is 8.79. The predicted octanol–water partition coefficient (Wildman–Crippen LogP) is 4.60. The first-order chi connectivity index (χ1) is 16.4. The number of thioether (sulfide) groups is 1. The molecule has 1 aromatic heterocycles. The summed E-state index contributed by atoms with van der Waals surface area (Å²) in [5.74, 6) is 0.285. The van der Waals surface area contributed by atoms with Gasteiger partial charge in [-0.15, -0.1) is 0 Å². The molecule has 0 atom stereocenters. The molecular formula is C23H27ClN3O6PS. The van der Waals surface area contributed by atoms with E-state index in [1.54, 1.807) is 37.3 Å². The minimum Gasteiger partial charge on any atom is -0.383 e. The van der Waals surface area contributed by atoms with Gasteiger partial charge in [-0.1, -0.05) is 29.8 Å². The van der Waals surface area contributed by atoms with Crippen molar-refractivity contribution in [2.45, 2.75) is 33.7 Å². The van der Waals surface area contributed by atoms with Crippen LogP contribution in [0.3, 0.4) is 0 Å². The second kappa shape index (κ2) is 13.0. The molecule has 35 heavy (non-hydrogen) atoms. The fourth-order valence-corrected chi connectivity index (χ4v) is 4.34. The Morgan fingerprint density at radius 1 is 1.31 bits per heavy atom. The van der Waals surface area contributed by atoms with Gasteiger partial charge in [0, 0.05) is 33.3 Å². The number of aromatic nitrogens is 1. The van der Waals surface area contributed by atoms with Crippen LogP contribution in [0.1, 0.15) is 35.7 Å². The van der Waals surface area contributed by atoms with Crippen LogP contribution in [0.15, 0.2) is 47.0 Å². The van der Waals surface area contributed by atoms with Crippen molar-refractivity contribution in [3.63, 3.8) is 0 Å². The van der Waals surface area contributed by atoms with Gasteiger partial charge < -0.3 is 20.4 Å². The van der Waals surface area contributed by atoms with E-state index in [1.807, 2.05) is 19.9 Å². The van der Waals surface area contributed by atoms with E-state index in [9.17, 15) is 14.2 Å². The van der Waals surface area contributed by atoms with E-state index >= 15 is 0 Å². The number of phosphoric ester groups is 1. The molecule has 0 saturated heterocycles. The monoisotopic (exact) mass is 539 g/mol. The second-order valence-corrected chi connectivity index (χ2v) is 10.3. The second-order valence-electron chi connectivity index (χ2n) is 7.56. The van der Waals surface area contributed by atoms with Crippen molar-refractivity contribution in [3.8, 4) is 0 Å². The average Bonchev–Trinajstić information content (AvgIpc) is 2.77. The number of amides is 1. The Bertz CT molecular complexity index is 1200. The van der Waals surface area contributed by atoms with E-state index in [1.165, 1.54) is 11.0 Å². The van der Waals surface area contributed by atoms with Crippen molar-refractivity contribution in [2.24, 2.45) is 0 Å². The van der Waals surface area contributed by atoms with Crippen LogP contribution in [0.2, 0.25) is 5.02 Å². The molecule has 0 aliphatic carbocycles. The van der Waals surface area contributed by atoms with E-state index in [-0.39, 0.29) is 30.5 Å². The number of benzene rings is 1. The molecule has 12 heteroatoms. The number of carbonyl (C=O) groups excluding carboxylic acids is 2. The molecule has 0 radical (unpaired) electrons. The van der Waals surface area contributed by atoms with Gasteiger partial charge in [0.05, 0.1) is 13.2 Å². The molecule has 0 fully saturated rings. The van der Waals surface area contributed by atoms with Gasteiger partial charge in [-0.05, 0) is 67.9 Å². The van der Waals surface area contributed by atoms with Crippen molar-refractivity contribution in [1.82, 2.24) is 9.88 Å². The highest BCUT2D eigenvalue weighted by Gasteiger charge is 2.19. The third-order valence-corrected chi connectivity index (χ3v) is 6.79. The number of nitrogen functional groups attached to an aromatic ring is 1. The van der Waals surface area contributed by atoms with Crippen LogP contribution >= 0.6 is 31.2 Å². The zero-order valence-electron chi connectivity index (χ0n) is 19.5. The smallest absolute Gasteiger partial charge is 0.383 e. The van der Waals surface area contributed by atoms with Gasteiger partial charge in [0.25, 0.3) is 0 Å². The van der Waals surface area contributed by atoms with Gasteiger partial charge in [0.1, 0.15) is 5.82 Å². The predicted molar refractivity (Wildman–Crippen MR) is 138 cm³/mol. The molecule has 1 aromatic carbocycles. The molecule has 0 bridgehead atoms. The fraction of sp³-hybridized carbons (Fsp3) is 0.261. The lowest BCUT2D eigenvalue weighted by Crippen LogP contribution is -2.22. The van der Waals surface area contributed by atoms with E-state index < -0.39 is 7.82 Å². The summed E-state index contributed by atoms with van der Waals surface area (Å²) in [4.78, 5) is 48.6. The number of phosphoric acid groups is 1. The largest absolute Gasteiger partial charge is 0.469 e. The molecule has 0 aliphatic heterocycles. The fourth-order valence-electron chi connectivity index (χ4n) is 2.98. The number of nitrogens with zero attached hydrogens (tertiary/aromatic N) is 2. The van der Waals surface area contributed by atoms with E-state index in [0.29, 0.717) is 27.6 Å². The van der Waals surface area contributed by atoms with Gasteiger partial charge in [-0.3, -0.25) is 14.1 Å². The maximum absolute atomic E-state index is 12.7. The number of allylic oxidation sites excluding steroid dienone is 1. The van der Waals surface area contributed by atoms with Crippen molar-refractivity contribution < 1.29 is 28.5 Å². The van der Waals surface area contributed by atoms with E-state index in [0.717, 1.165) is 28.6 Å². The lowest BCUT2D eigenvalue weighted by atomic mass is 10.1. The van der Waals surface area contributed by atoms with Crippen LogP contribution in [0.25, 0.3) is 6.08 Å². The van der Waals surface area contributed by atoms with E-state index in [2.05, 4.69) is 9.51 Å². The highest BCUT2D eigenvalue weighted by molar-refractivity contribution is 8.17. The Labute approximate surface area is 213 Å². The Hall–Kier alpha value is -2.46. The number of halogens is 1. The number of anilines is 1. The molecule has 0 spiro atoms. The number of aryl methyl sites for hydroxylation is 2. The summed E-state index contributed by atoms with van der Waals surface area (Å²) in [5, 5.41) is 0.175. The summed E-state index contributed by atoms with van der Waals surface area (Å²) < 4.78 is 15.6. The SMILES string of the molecule is C/C(=C(\CCOP(=O)(O)O)SC(=O)/C=C/c1cccc(Cl)c1)N(C=O)Cc1cc(C)c(C)nc1N. The highest BCUT2D eigenvalue weighted by Crippen LogP contribution is 2.37. The summed E-state index contributed by atoms with van der Waals surface area (Å²) in [6.07, 6.45) is 3.53. The molecule has 188 valence electrons. The van der Waals surface area contributed by atoms with E-state index in [4.69, 9.17) is 27.1 Å². The zero-order chi connectivity index (χ0) is 26.2. The van der Waals surface area contributed by atoms with Crippen LogP contribution < -0.4 is 5.73 Å². The van der Waals surface area contributed by atoms with Gasteiger partial charge in [-0.25, -0.2) is 9.55 Å². The number of pyridine rings is 1. The van der Waals surface area contributed by atoms with Crippen LogP contribution in [0.5, 0.6) is 0 Å². The Balaban J connectivity index is 2.30. The summed E-state index contributed by atoms with van der Waals surface area (Å²) in [6.45, 7) is 5.09. The Morgan fingerprint density at radius 3 is 2.66 bits per heavy atom. The number of nitrogens with two attached hydrogens (primary N) is 1. The number of rotatable bonds is 11. The molecule has 0 aliphatic rings. The summed E-state index contributed by atoms with van der Waals surface area (Å²) >= 11 is 6.80. The quantitative estimate of drug-likeness (QED) is 0.212. The van der Waals surface area contributed by atoms with Gasteiger partial charge >= 0.3 is 7.82 Å². The van der Waals surface area contributed by atoms with Crippen molar-refractivity contribution in [1.29, 1.82) is 0 Å². The van der Waals surface area contributed by atoms with Crippen LogP contribution in [0.4, 0.5) is 5.82 Å². The first-order valence-electron chi connectivity index (χ1n) is 10.4. The number of hydrogen-bond acceptors (Lipinski definition) is 7. The van der Waals surface area contributed by atoms with Crippen LogP contribution in [0, 0.1) is 13.8 Å². The van der Waals surface area contributed by atoms with Crippen molar-refractivity contribution >= 4 is 54.6 Å². The normalized spacial score (nSPS) is 12.5. The first kappa shape index (κ1) is 28.8. The maximum atomic E-state index is 12.7. The molecule has 1 amide bonds. The lowest BCUT2D eigenvalue weighted by Gasteiger charge is -2.22. The van der Waals surface area contributed by atoms with Gasteiger partial charge in [0.15, 0.2) is 0 Å². The number of hydrogen-bond donors (Lipinski definition) is 3. The summed E-state index contributed by atoms with van der Waals surface area (Å²) in [7, 11) is -4.70. The molecule has 4 N–H and O–H groups in total. The average molecular weight is 540 g/mol. The van der Waals surface area contributed by atoms with Crippen molar-refractivity contribution in [2.75, 3.05) is 12.3 Å². The highest BCUT2D eigenvalue weighted by atomic mass is 35.5. The first-order valence-corrected chi connectivity index (χ1v) is 13.1. The molecule has 0 saturated carbocycles. The molecule has 9 nitrogen and oxygen atoms in total. The topological polar surface area (TPSA) is 143 Å². The maximum Gasteiger partial charge on any atom is 0.469 e. The lowest BCUT2D eigenvalue weighted by molar-refractivity contribution is -0.117. The molecular weight excluding hydrogens is 513 g/mol. The Morgan fingerprint density at radius 2 is 2.03 bits per heavy atom. The molecule has 2 aromatic rings. The minimum absolute atomic E-state index is 0.0106. The standard InChI is InChI=1S/C23H27ClN3O6PS/c1-15-11-19(23(25)26-16(15)2)13-27(14-28)17(3)21(9-10-33-34(30,31)32)35-22(29)8-7-18-5-4-6-20(24)12-18/h4-8,11-12,14H,9-10,13H2,1-3H3,(H2,25,26)(H2,30,31,32)/b8-7+,21-17-. The molecule has 2 rings (SSSR count). The molecule has 1 heterocycles. The van der Waals surface area contributed by atoms with Crippen LogP contribution in [-0.2, 0) is 25.2 Å². The van der Waals surface area contributed by atoms with Gasteiger partial charge in [0.2, 0.25) is 11.5 Å². The number of carbonyl (C=O) groups is 2. The van der Waals surface area contributed by atoms with Gasteiger partial charge in [-0.2, -0.15) is 0 Å². The third kappa shape index (κ3) is 9.60. The van der Waals surface area contributed by atoms with Crippen LogP contribution in [-0.4, -0.2) is 37.8 Å². The summed E-state index contributed by atoms with van der Waals surface area (Å²) in [5.41, 5.74) is 9.49. The Kier molecular flexibility index (Phi) is 10.7. The zero-order valence-corrected chi connectivity index (χ0v) is 21.9. The van der Waals surface area contributed by atoms with Crippen molar-refractivity contribution in [3.05, 3.63) is 74.4 Å². The minimum atomic E-state index is -4.70.